The maximum Gasteiger partial charge on any atom is 0.408 e. The first-order valence-electron chi connectivity index (χ1n) is 9.58. The van der Waals surface area contributed by atoms with Crippen LogP contribution in [0.1, 0.15) is 33.9 Å². The number of rotatable bonds is 5. The molecular formula is C17H25FN3O9P. The van der Waals surface area contributed by atoms with Crippen LogP contribution in [0.3, 0.4) is 0 Å². The molecule has 14 heteroatoms. The summed E-state index contributed by atoms with van der Waals surface area (Å²) < 4.78 is 55.9. The molecule has 6 atom stereocenters. The van der Waals surface area contributed by atoms with E-state index in [4.69, 9.17) is 23.3 Å². The molecule has 2 N–H and O–H groups in total. The highest BCUT2D eigenvalue weighted by Crippen LogP contribution is 2.49. The second-order valence-electron chi connectivity index (χ2n) is 7.66. The summed E-state index contributed by atoms with van der Waals surface area (Å²) in [4.78, 5) is 37.4. The molecule has 2 fully saturated rings. The molecule has 0 aliphatic carbocycles. The van der Waals surface area contributed by atoms with Crippen molar-refractivity contribution >= 4 is 13.7 Å². The number of aromatic amines is 1. The molecule has 3 unspecified atom stereocenters. The molecule has 31 heavy (non-hydrogen) atoms. The Bertz CT molecular complexity index is 978. The average molecular weight is 465 g/mol. The number of alkyl halides is 1. The molecule has 12 nitrogen and oxygen atoms in total. The van der Waals surface area contributed by atoms with Gasteiger partial charge in [-0.05, 0) is 27.7 Å². The van der Waals surface area contributed by atoms with E-state index >= 15 is 4.39 Å². The van der Waals surface area contributed by atoms with Gasteiger partial charge in [-0.3, -0.25) is 28.2 Å². The van der Waals surface area contributed by atoms with Crippen molar-refractivity contribution < 1.29 is 37.0 Å². The molecule has 0 bridgehead atoms. The van der Waals surface area contributed by atoms with Gasteiger partial charge in [0.1, 0.15) is 18.2 Å². The maximum atomic E-state index is 15.6. The molecule has 0 spiro atoms. The number of carbonyl (C=O) groups excluding carboxylic acids is 1. The van der Waals surface area contributed by atoms with Crippen LogP contribution < -0.4 is 16.3 Å². The standard InChI is InChI=1S/C17H25FN3O9P/c1-9(2)29-14(23)10(3)20-31(25)27-7-11-13(26-8-28-31)17(4,18)15(30-11)21-6-5-12(22)19-16(21)24/h5-6,9-11,13,15H,7-8H2,1-4H3,(H,20,25)(H,19,22,24)/t10-,11+,13?,15+,17?,31?/m0/s1. The first-order valence-corrected chi connectivity index (χ1v) is 11.1. The SMILES string of the molecule is CC(C)OC(=O)[C@H](C)NP1(=O)OCOC2[C@@H](CO1)O[C@@H](n1ccc(=O)[nH]c1=O)C2(C)F. The van der Waals surface area contributed by atoms with Gasteiger partial charge < -0.3 is 14.2 Å². The summed E-state index contributed by atoms with van der Waals surface area (Å²) in [6.45, 7) is 4.87. The fourth-order valence-electron chi connectivity index (χ4n) is 3.30. The van der Waals surface area contributed by atoms with Crippen molar-refractivity contribution in [2.75, 3.05) is 13.4 Å². The number of hydrogen-bond acceptors (Lipinski definition) is 9. The third-order valence-corrected chi connectivity index (χ3v) is 6.36. The zero-order valence-corrected chi connectivity index (χ0v) is 18.3. The van der Waals surface area contributed by atoms with Gasteiger partial charge in [0.2, 0.25) is 0 Å². The van der Waals surface area contributed by atoms with Crippen molar-refractivity contribution in [1.82, 2.24) is 14.6 Å². The van der Waals surface area contributed by atoms with Gasteiger partial charge >= 0.3 is 19.4 Å². The predicted molar refractivity (Wildman–Crippen MR) is 103 cm³/mol. The van der Waals surface area contributed by atoms with Crippen molar-refractivity contribution in [3.05, 3.63) is 33.1 Å². The fourth-order valence-corrected chi connectivity index (χ4v) is 4.65. The predicted octanol–water partition coefficient (Wildman–Crippen LogP) is 0.589. The van der Waals surface area contributed by atoms with E-state index in [0.29, 0.717) is 0 Å². The van der Waals surface area contributed by atoms with Crippen LogP contribution in [0, 0.1) is 0 Å². The van der Waals surface area contributed by atoms with Crippen LogP contribution in [-0.4, -0.2) is 58.9 Å². The molecule has 2 aliphatic heterocycles. The first kappa shape index (κ1) is 23.8. The van der Waals surface area contributed by atoms with Crippen molar-refractivity contribution in [2.45, 2.75) is 63.9 Å². The largest absolute Gasteiger partial charge is 0.462 e. The maximum absolute atomic E-state index is 15.6. The van der Waals surface area contributed by atoms with Gasteiger partial charge in [0.25, 0.3) is 5.56 Å². The van der Waals surface area contributed by atoms with Crippen molar-refractivity contribution in [2.24, 2.45) is 0 Å². The second kappa shape index (κ2) is 8.93. The lowest BCUT2D eigenvalue weighted by molar-refractivity contribution is -0.149. The van der Waals surface area contributed by atoms with E-state index in [0.717, 1.165) is 16.8 Å². The van der Waals surface area contributed by atoms with E-state index < -0.39 is 68.5 Å². The van der Waals surface area contributed by atoms with Crippen molar-refractivity contribution in [1.29, 1.82) is 0 Å². The number of ether oxygens (including phenoxy) is 3. The van der Waals surface area contributed by atoms with Gasteiger partial charge in [-0.2, -0.15) is 0 Å². The summed E-state index contributed by atoms with van der Waals surface area (Å²) in [6.07, 6.45) is -3.00. The molecular weight excluding hydrogens is 440 g/mol. The highest BCUT2D eigenvalue weighted by molar-refractivity contribution is 7.51. The van der Waals surface area contributed by atoms with Gasteiger partial charge in [0.15, 0.2) is 18.7 Å². The highest BCUT2D eigenvalue weighted by atomic mass is 31.2. The highest BCUT2D eigenvalue weighted by Gasteiger charge is 2.58. The van der Waals surface area contributed by atoms with E-state index in [1.165, 1.54) is 13.8 Å². The van der Waals surface area contributed by atoms with E-state index in [9.17, 15) is 18.9 Å². The monoisotopic (exact) mass is 465 g/mol. The molecule has 1 aromatic rings. The zero-order chi connectivity index (χ0) is 23.0. The minimum absolute atomic E-state index is 0.372. The third kappa shape index (κ3) is 5.13. The average Bonchev–Trinajstić information content (AvgIpc) is 2.88. The fraction of sp³-hybridized carbons (Fsp3) is 0.706. The van der Waals surface area contributed by atoms with E-state index in [2.05, 4.69) is 5.09 Å². The number of fused-ring (bicyclic) bond motifs is 1. The number of nitrogens with one attached hydrogen (secondary N) is 2. The minimum Gasteiger partial charge on any atom is -0.462 e. The Balaban J connectivity index is 1.75. The molecule has 2 aliphatic rings. The smallest absolute Gasteiger partial charge is 0.408 e. The number of nitrogens with zero attached hydrogens (tertiary/aromatic N) is 1. The normalized spacial score (nSPS) is 34.6. The summed E-state index contributed by atoms with van der Waals surface area (Å²) in [6, 6.07) is 0.0316. The molecule has 1 aromatic heterocycles. The number of hydrogen-bond donors (Lipinski definition) is 2. The summed E-state index contributed by atoms with van der Waals surface area (Å²) in [5.74, 6) is -0.663. The molecule has 0 amide bonds. The van der Waals surface area contributed by atoms with Gasteiger partial charge in [-0.1, -0.05) is 0 Å². The van der Waals surface area contributed by atoms with E-state index in [1.54, 1.807) is 13.8 Å². The molecule has 3 heterocycles. The molecule has 2 saturated heterocycles. The summed E-state index contributed by atoms with van der Waals surface area (Å²) in [5.41, 5.74) is -3.73. The van der Waals surface area contributed by atoms with Crippen LogP contribution in [-0.2, 0) is 32.6 Å². The van der Waals surface area contributed by atoms with Gasteiger partial charge in [-0.25, -0.2) is 18.8 Å². The van der Waals surface area contributed by atoms with Crippen molar-refractivity contribution in [3.8, 4) is 0 Å². The third-order valence-electron chi connectivity index (χ3n) is 4.72. The number of esters is 1. The van der Waals surface area contributed by atoms with E-state index in [-0.39, 0.29) is 6.10 Å². The Morgan fingerprint density at radius 2 is 2.10 bits per heavy atom. The molecule has 0 saturated carbocycles. The van der Waals surface area contributed by atoms with E-state index in [1.807, 2.05) is 4.98 Å². The molecule has 3 rings (SSSR count). The number of halogens is 1. The minimum atomic E-state index is -4.03. The molecule has 0 radical (unpaired) electrons. The summed E-state index contributed by atoms with van der Waals surface area (Å²) >= 11 is 0. The Kier molecular flexibility index (Phi) is 6.84. The summed E-state index contributed by atoms with van der Waals surface area (Å²) in [7, 11) is -4.03. The van der Waals surface area contributed by atoms with Crippen LogP contribution in [0.4, 0.5) is 4.39 Å². The Hall–Kier alpha value is -1.89. The lowest BCUT2D eigenvalue weighted by atomic mass is 9.98. The Morgan fingerprint density at radius 1 is 1.39 bits per heavy atom. The van der Waals surface area contributed by atoms with Crippen LogP contribution in [0.2, 0.25) is 0 Å². The zero-order valence-electron chi connectivity index (χ0n) is 17.4. The molecule has 174 valence electrons. The lowest BCUT2D eigenvalue weighted by Gasteiger charge is -2.31. The second-order valence-corrected chi connectivity index (χ2v) is 9.43. The lowest BCUT2D eigenvalue weighted by Crippen LogP contribution is -2.46. The Labute approximate surface area is 176 Å². The first-order chi connectivity index (χ1) is 14.4. The van der Waals surface area contributed by atoms with Crippen LogP contribution in [0.25, 0.3) is 0 Å². The Morgan fingerprint density at radius 3 is 2.74 bits per heavy atom. The number of H-pyrrole nitrogens is 1. The molecule has 0 aromatic carbocycles. The van der Waals surface area contributed by atoms with Gasteiger partial charge in [-0.15, -0.1) is 0 Å². The van der Waals surface area contributed by atoms with Gasteiger partial charge in [0, 0.05) is 12.3 Å². The van der Waals surface area contributed by atoms with Crippen molar-refractivity contribution in [3.63, 3.8) is 0 Å². The van der Waals surface area contributed by atoms with Gasteiger partial charge in [0.05, 0.1) is 12.7 Å². The van der Waals surface area contributed by atoms with Crippen LogP contribution in [0.5, 0.6) is 0 Å². The number of aromatic nitrogens is 2. The quantitative estimate of drug-likeness (QED) is 0.468. The number of carbonyl (C=O) groups is 1. The topological polar surface area (TPSA) is 147 Å². The summed E-state index contributed by atoms with van der Waals surface area (Å²) in [5, 5.41) is 2.44. The van der Waals surface area contributed by atoms with Crippen LogP contribution >= 0.6 is 7.75 Å². The van der Waals surface area contributed by atoms with Crippen LogP contribution in [0.15, 0.2) is 21.9 Å².